The maximum Gasteiger partial charge on any atom is 0.251 e. The topological polar surface area (TPSA) is 47.6 Å². The number of hydrogen-bond acceptors (Lipinski definition) is 4. The van der Waals surface area contributed by atoms with Crippen LogP contribution in [0.2, 0.25) is 0 Å². The lowest BCUT2D eigenvalue weighted by Gasteiger charge is -2.19. The van der Waals surface area contributed by atoms with Crippen LogP contribution in [0.4, 0.5) is 0 Å². The Bertz CT molecular complexity index is 958. The molecular weight excluding hydrogens is 394 g/mol. The maximum absolute atomic E-state index is 12.8. The van der Waals surface area contributed by atoms with Gasteiger partial charge in [0.2, 0.25) is 0 Å². The lowest BCUT2D eigenvalue weighted by atomic mass is 10.0. The molecule has 0 saturated carbocycles. The number of rotatable bonds is 9. The summed E-state index contributed by atoms with van der Waals surface area (Å²) in [6.45, 7) is 2.05. The second-order valence-electron chi connectivity index (χ2n) is 6.85. The molecule has 0 aliphatic heterocycles. The first-order valence-electron chi connectivity index (χ1n) is 9.94. The Morgan fingerprint density at radius 1 is 0.933 bits per heavy atom. The van der Waals surface area contributed by atoms with Crippen LogP contribution in [0, 0.1) is 0 Å². The van der Waals surface area contributed by atoms with E-state index >= 15 is 0 Å². The van der Waals surface area contributed by atoms with Gasteiger partial charge >= 0.3 is 0 Å². The van der Waals surface area contributed by atoms with E-state index in [1.165, 1.54) is 10.5 Å². The molecule has 0 aliphatic carbocycles. The molecule has 0 spiro atoms. The molecule has 1 unspecified atom stereocenters. The molecule has 0 saturated heterocycles. The molecule has 3 aromatic rings. The van der Waals surface area contributed by atoms with E-state index in [0.717, 1.165) is 17.7 Å². The highest BCUT2D eigenvalue weighted by molar-refractivity contribution is 7.98. The summed E-state index contributed by atoms with van der Waals surface area (Å²) >= 11 is 1.78. The third-order valence-electron chi connectivity index (χ3n) is 4.89. The predicted molar refractivity (Wildman–Crippen MR) is 122 cm³/mol. The number of carbonyl (C=O) groups is 1. The van der Waals surface area contributed by atoms with Crippen molar-refractivity contribution in [2.24, 2.45) is 0 Å². The number of methoxy groups -OCH3 is 2. The maximum atomic E-state index is 12.8. The van der Waals surface area contributed by atoms with Gasteiger partial charge in [-0.25, -0.2) is 0 Å². The minimum absolute atomic E-state index is 0.0844. The molecule has 3 rings (SSSR count). The Hall–Kier alpha value is -2.92. The fourth-order valence-corrected chi connectivity index (χ4v) is 4.04. The predicted octanol–water partition coefficient (Wildman–Crippen LogP) is 5.88. The van der Waals surface area contributed by atoms with Gasteiger partial charge < -0.3 is 14.8 Å². The van der Waals surface area contributed by atoms with Crippen LogP contribution < -0.4 is 14.8 Å². The van der Waals surface area contributed by atoms with Crippen molar-refractivity contribution < 1.29 is 14.3 Å². The second kappa shape index (κ2) is 10.7. The average Bonchev–Trinajstić information content (AvgIpc) is 2.81. The van der Waals surface area contributed by atoms with Gasteiger partial charge in [-0.05, 0) is 53.9 Å². The summed E-state index contributed by atoms with van der Waals surface area (Å²) in [4.78, 5) is 14.0. The summed E-state index contributed by atoms with van der Waals surface area (Å²) in [5.41, 5.74) is 2.83. The van der Waals surface area contributed by atoms with Crippen LogP contribution in [0.15, 0.2) is 77.7 Å². The molecule has 0 aromatic heterocycles. The van der Waals surface area contributed by atoms with Gasteiger partial charge in [-0.3, -0.25) is 4.79 Å². The van der Waals surface area contributed by atoms with Gasteiger partial charge in [-0.2, -0.15) is 0 Å². The lowest BCUT2D eigenvalue weighted by molar-refractivity contribution is 0.0935. The number of thioether (sulfide) groups is 1. The van der Waals surface area contributed by atoms with Crippen molar-refractivity contribution in [1.82, 2.24) is 5.32 Å². The molecule has 0 radical (unpaired) electrons. The van der Waals surface area contributed by atoms with Crippen LogP contribution >= 0.6 is 11.8 Å². The van der Waals surface area contributed by atoms with Crippen molar-refractivity contribution >= 4 is 17.7 Å². The minimum Gasteiger partial charge on any atom is -0.493 e. The number of hydrogen-bond donors (Lipinski definition) is 1. The molecule has 0 aliphatic rings. The molecular formula is C25H27NO3S. The van der Waals surface area contributed by atoms with Crippen LogP contribution in [0.1, 0.15) is 40.9 Å². The van der Waals surface area contributed by atoms with Crippen molar-refractivity contribution in [3.63, 3.8) is 0 Å². The van der Waals surface area contributed by atoms with Crippen molar-refractivity contribution in [2.45, 2.75) is 30.0 Å². The Labute approximate surface area is 182 Å². The summed E-state index contributed by atoms with van der Waals surface area (Å²) in [5.74, 6) is 2.11. The molecule has 1 atom stereocenters. The molecule has 4 nitrogen and oxygen atoms in total. The number of ether oxygens (including phenoxy) is 2. The van der Waals surface area contributed by atoms with Crippen LogP contribution in [0.25, 0.3) is 0 Å². The largest absolute Gasteiger partial charge is 0.493 e. The van der Waals surface area contributed by atoms with Crippen LogP contribution in [0.3, 0.4) is 0 Å². The van der Waals surface area contributed by atoms with Gasteiger partial charge in [0.05, 0.1) is 20.3 Å². The van der Waals surface area contributed by atoms with E-state index in [1.54, 1.807) is 26.0 Å². The van der Waals surface area contributed by atoms with Crippen molar-refractivity contribution in [3.8, 4) is 11.5 Å². The standard InChI is InChI=1S/C25H27NO3S/c1-4-22(20-14-15-23(28-2)24(16-20)29-3)26-25(27)19-12-10-18(11-13-19)17-30-21-8-6-5-7-9-21/h5-16,22H,4,17H2,1-3H3,(H,26,27). The van der Waals surface area contributed by atoms with Crippen molar-refractivity contribution in [1.29, 1.82) is 0 Å². The normalized spacial score (nSPS) is 11.6. The Morgan fingerprint density at radius 3 is 2.27 bits per heavy atom. The highest BCUT2D eigenvalue weighted by Gasteiger charge is 2.16. The van der Waals surface area contributed by atoms with E-state index in [9.17, 15) is 4.79 Å². The fraction of sp³-hybridized carbons (Fsp3) is 0.240. The zero-order valence-electron chi connectivity index (χ0n) is 17.6. The number of carbonyl (C=O) groups excluding carboxylic acids is 1. The SMILES string of the molecule is CCC(NC(=O)c1ccc(CSc2ccccc2)cc1)c1ccc(OC)c(OC)c1. The van der Waals surface area contributed by atoms with Gasteiger partial charge in [-0.15, -0.1) is 11.8 Å². The molecule has 0 fully saturated rings. The zero-order valence-corrected chi connectivity index (χ0v) is 18.4. The fourth-order valence-electron chi connectivity index (χ4n) is 3.17. The first-order chi connectivity index (χ1) is 14.6. The average molecular weight is 422 g/mol. The first-order valence-corrected chi connectivity index (χ1v) is 10.9. The van der Waals surface area contributed by atoms with Crippen LogP contribution in [-0.2, 0) is 5.75 Å². The smallest absolute Gasteiger partial charge is 0.251 e. The van der Waals surface area contributed by atoms with Gasteiger partial charge in [0.25, 0.3) is 5.91 Å². The molecule has 156 valence electrons. The summed E-state index contributed by atoms with van der Waals surface area (Å²) < 4.78 is 10.7. The van der Waals surface area contributed by atoms with E-state index in [4.69, 9.17) is 9.47 Å². The van der Waals surface area contributed by atoms with E-state index in [0.29, 0.717) is 17.1 Å². The van der Waals surface area contributed by atoms with Crippen LogP contribution in [-0.4, -0.2) is 20.1 Å². The molecule has 3 aromatic carbocycles. The van der Waals surface area contributed by atoms with Crippen molar-refractivity contribution in [2.75, 3.05) is 14.2 Å². The zero-order chi connectivity index (χ0) is 21.3. The summed E-state index contributed by atoms with van der Waals surface area (Å²) in [7, 11) is 3.22. The molecule has 1 amide bonds. The van der Waals surface area contributed by atoms with Crippen molar-refractivity contribution in [3.05, 3.63) is 89.5 Å². The van der Waals surface area contributed by atoms with Gasteiger partial charge in [0.15, 0.2) is 11.5 Å². The summed E-state index contributed by atoms with van der Waals surface area (Å²) in [6.07, 6.45) is 0.771. The monoisotopic (exact) mass is 421 g/mol. The van der Waals surface area contributed by atoms with Gasteiger partial charge in [-0.1, -0.05) is 43.3 Å². The first kappa shape index (κ1) is 21.8. The summed E-state index contributed by atoms with van der Waals surface area (Å²) in [5, 5.41) is 3.12. The van der Waals surface area contributed by atoms with Crippen LogP contribution in [0.5, 0.6) is 11.5 Å². The molecule has 0 bridgehead atoms. The second-order valence-corrected chi connectivity index (χ2v) is 7.90. The highest BCUT2D eigenvalue weighted by atomic mass is 32.2. The third kappa shape index (κ3) is 5.57. The van der Waals surface area contributed by atoms with E-state index in [2.05, 4.69) is 17.4 Å². The quantitative estimate of drug-likeness (QED) is 0.439. The Balaban J connectivity index is 1.64. The summed E-state index contributed by atoms with van der Waals surface area (Å²) in [6, 6.07) is 23.7. The molecule has 30 heavy (non-hydrogen) atoms. The van der Waals surface area contributed by atoms with Gasteiger partial charge in [0, 0.05) is 16.2 Å². The third-order valence-corrected chi connectivity index (χ3v) is 5.97. The van der Waals surface area contributed by atoms with E-state index < -0.39 is 0 Å². The van der Waals surface area contributed by atoms with E-state index in [-0.39, 0.29) is 11.9 Å². The Morgan fingerprint density at radius 2 is 1.63 bits per heavy atom. The Kier molecular flexibility index (Phi) is 7.80. The number of amides is 1. The van der Waals surface area contributed by atoms with E-state index in [1.807, 2.05) is 67.6 Å². The number of benzene rings is 3. The highest BCUT2D eigenvalue weighted by Crippen LogP contribution is 2.31. The minimum atomic E-state index is -0.106. The van der Waals surface area contributed by atoms with Gasteiger partial charge in [0.1, 0.15) is 0 Å². The molecule has 0 heterocycles. The lowest BCUT2D eigenvalue weighted by Crippen LogP contribution is -2.28. The molecule has 5 heteroatoms. The number of nitrogens with one attached hydrogen (secondary N) is 1. The molecule has 1 N–H and O–H groups in total.